The summed E-state index contributed by atoms with van der Waals surface area (Å²) in [6.07, 6.45) is 3.38. The summed E-state index contributed by atoms with van der Waals surface area (Å²) in [4.78, 5) is 6.16. The molecule has 2 heterocycles. The maximum atomic E-state index is 12.5. The van der Waals surface area contributed by atoms with Crippen molar-refractivity contribution in [3.8, 4) is 0 Å². The number of sulfonamides is 1. The van der Waals surface area contributed by atoms with E-state index in [0.29, 0.717) is 19.6 Å². The lowest BCUT2D eigenvalue weighted by atomic mass is 10.3. The van der Waals surface area contributed by atoms with E-state index in [9.17, 15) is 8.42 Å². The van der Waals surface area contributed by atoms with Crippen molar-refractivity contribution >= 4 is 10.0 Å². The normalized spacial score (nSPS) is 17.2. The van der Waals surface area contributed by atoms with Gasteiger partial charge in [0, 0.05) is 58.2 Å². The molecule has 0 saturated carbocycles. The molecular weight excluding hydrogens is 288 g/mol. The molecule has 118 valence electrons. The van der Waals surface area contributed by atoms with Gasteiger partial charge in [-0.3, -0.25) is 9.88 Å². The van der Waals surface area contributed by atoms with Gasteiger partial charge >= 0.3 is 0 Å². The molecule has 0 aromatic carbocycles. The van der Waals surface area contributed by atoms with Gasteiger partial charge in [-0.25, -0.2) is 8.42 Å². The number of hydrogen-bond acceptors (Lipinski definition) is 5. The van der Waals surface area contributed by atoms with Crippen LogP contribution < -0.4 is 5.32 Å². The molecule has 21 heavy (non-hydrogen) atoms. The number of hydrogen-bond donors (Lipinski definition) is 1. The van der Waals surface area contributed by atoms with Gasteiger partial charge in [-0.05, 0) is 17.7 Å². The lowest BCUT2D eigenvalue weighted by molar-refractivity contribution is 0.252. The third-order valence-electron chi connectivity index (χ3n) is 3.73. The van der Waals surface area contributed by atoms with Gasteiger partial charge in [0.2, 0.25) is 10.0 Å². The van der Waals surface area contributed by atoms with Crippen molar-refractivity contribution in [2.75, 3.05) is 45.0 Å². The predicted octanol–water partition coefficient (Wildman–Crippen LogP) is 0.139. The van der Waals surface area contributed by atoms with Crippen LogP contribution >= 0.6 is 0 Å². The second kappa shape index (κ2) is 7.84. The molecule has 0 aliphatic carbocycles. The first-order valence-electron chi connectivity index (χ1n) is 7.41. The summed E-state index contributed by atoms with van der Waals surface area (Å²) >= 11 is 0. The molecule has 7 heteroatoms. The second-order valence-corrected chi connectivity index (χ2v) is 7.28. The third-order valence-corrected chi connectivity index (χ3v) is 5.60. The molecule has 1 aromatic heterocycles. The zero-order valence-corrected chi connectivity index (χ0v) is 13.3. The first-order chi connectivity index (χ1) is 10.1. The van der Waals surface area contributed by atoms with Gasteiger partial charge in [0.25, 0.3) is 0 Å². The minimum atomic E-state index is -3.22. The molecule has 0 unspecified atom stereocenters. The topological polar surface area (TPSA) is 65.5 Å². The molecule has 1 N–H and O–H groups in total. The smallest absolute Gasteiger partial charge is 0.215 e. The standard InChI is InChI=1S/C14H24N4O2S/c1-2-18(13-14-3-5-15-6-4-14)21(19,20)12-11-17-9-7-16-8-10-17/h3-6,16H,2,7-13H2,1H3. The summed E-state index contributed by atoms with van der Waals surface area (Å²) in [6, 6.07) is 3.71. The van der Waals surface area contributed by atoms with E-state index in [1.807, 2.05) is 19.1 Å². The van der Waals surface area contributed by atoms with Crippen molar-refractivity contribution in [2.45, 2.75) is 13.5 Å². The maximum absolute atomic E-state index is 12.5. The minimum Gasteiger partial charge on any atom is -0.314 e. The van der Waals surface area contributed by atoms with E-state index in [1.165, 1.54) is 0 Å². The molecule has 0 atom stereocenters. The SMILES string of the molecule is CCN(Cc1ccncc1)S(=O)(=O)CCN1CCNCC1. The number of pyridine rings is 1. The van der Waals surface area contributed by atoms with Gasteiger partial charge in [-0.1, -0.05) is 6.92 Å². The molecule has 2 rings (SSSR count). The highest BCUT2D eigenvalue weighted by Crippen LogP contribution is 2.09. The van der Waals surface area contributed by atoms with Crippen molar-refractivity contribution in [3.05, 3.63) is 30.1 Å². The highest BCUT2D eigenvalue weighted by molar-refractivity contribution is 7.89. The van der Waals surface area contributed by atoms with Crippen LogP contribution in [0.4, 0.5) is 0 Å². The van der Waals surface area contributed by atoms with E-state index in [4.69, 9.17) is 0 Å². The van der Waals surface area contributed by atoms with Crippen LogP contribution in [0.25, 0.3) is 0 Å². The number of nitrogens with zero attached hydrogens (tertiary/aromatic N) is 3. The van der Waals surface area contributed by atoms with Crippen molar-refractivity contribution in [2.24, 2.45) is 0 Å². The molecule has 1 aliphatic heterocycles. The van der Waals surface area contributed by atoms with Gasteiger partial charge in [-0.2, -0.15) is 4.31 Å². The fraction of sp³-hybridized carbons (Fsp3) is 0.643. The van der Waals surface area contributed by atoms with Crippen LogP contribution in [0.1, 0.15) is 12.5 Å². The number of nitrogens with one attached hydrogen (secondary N) is 1. The van der Waals surface area contributed by atoms with E-state index in [1.54, 1.807) is 16.7 Å². The van der Waals surface area contributed by atoms with Crippen molar-refractivity contribution in [1.29, 1.82) is 0 Å². The van der Waals surface area contributed by atoms with Gasteiger partial charge in [-0.15, -0.1) is 0 Å². The van der Waals surface area contributed by atoms with Gasteiger partial charge in [0.15, 0.2) is 0 Å². The van der Waals surface area contributed by atoms with Crippen LogP contribution in [0.5, 0.6) is 0 Å². The van der Waals surface area contributed by atoms with Crippen LogP contribution in [0, 0.1) is 0 Å². The Balaban J connectivity index is 1.92. The summed E-state index contributed by atoms with van der Waals surface area (Å²) < 4.78 is 26.5. The molecule has 0 radical (unpaired) electrons. The van der Waals surface area contributed by atoms with Crippen LogP contribution in [0.3, 0.4) is 0 Å². The van der Waals surface area contributed by atoms with E-state index >= 15 is 0 Å². The van der Waals surface area contributed by atoms with Crippen LogP contribution in [-0.4, -0.2) is 67.6 Å². The fourth-order valence-electron chi connectivity index (χ4n) is 2.41. The van der Waals surface area contributed by atoms with Crippen LogP contribution in [0.15, 0.2) is 24.5 Å². The Kier molecular flexibility index (Phi) is 6.10. The fourth-order valence-corrected chi connectivity index (χ4v) is 3.89. The molecule has 6 nitrogen and oxygen atoms in total. The Labute approximate surface area is 127 Å². The van der Waals surface area contributed by atoms with Crippen molar-refractivity contribution < 1.29 is 8.42 Å². The molecular formula is C14H24N4O2S. The van der Waals surface area contributed by atoms with E-state index in [-0.39, 0.29) is 5.75 Å². The van der Waals surface area contributed by atoms with Crippen LogP contribution in [0.2, 0.25) is 0 Å². The van der Waals surface area contributed by atoms with Gasteiger partial charge in [0.1, 0.15) is 0 Å². The Morgan fingerprint density at radius 1 is 1.29 bits per heavy atom. The Hall–Kier alpha value is -1.02. The maximum Gasteiger partial charge on any atom is 0.215 e. The summed E-state index contributed by atoms with van der Waals surface area (Å²) in [5.74, 6) is 0.186. The summed E-state index contributed by atoms with van der Waals surface area (Å²) in [6.45, 7) is 7.12. The minimum absolute atomic E-state index is 0.186. The van der Waals surface area contributed by atoms with Gasteiger partial charge in [0.05, 0.1) is 5.75 Å². The first-order valence-corrected chi connectivity index (χ1v) is 9.02. The molecule has 1 saturated heterocycles. The molecule has 0 bridgehead atoms. The molecule has 1 fully saturated rings. The van der Waals surface area contributed by atoms with Crippen molar-refractivity contribution in [1.82, 2.24) is 19.5 Å². The quantitative estimate of drug-likeness (QED) is 0.776. The zero-order chi connectivity index (χ0) is 15.1. The largest absolute Gasteiger partial charge is 0.314 e. The second-order valence-electron chi connectivity index (χ2n) is 5.19. The number of aromatic nitrogens is 1. The zero-order valence-electron chi connectivity index (χ0n) is 12.5. The average molecular weight is 312 g/mol. The average Bonchev–Trinajstić information content (AvgIpc) is 2.52. The monoisotopic (exact) mass is 312 g/mol. The first kappa shape index (κ1) is 16.4. The molecule has 1 aromatic rings. The molecule has 0 spiro atoms. The summed E-state index contributed by atoms with van der Waals surface area (Å²) in [7, 11) is -3.22. The van der Waals surface area contributed by atoms with E-state index < -0.39 is 10.0 Å². The lowest BCUT2D eigenvalue weighted by Crippen LogP contribution is -2.46. The number of rotatable bonds is 7. The predicted molar refractivity (Wildman–Crippen MR) is 83.4 cm³/mol. The van der Waals surface area contributed by atoms with E-state index in [2.05, 4.69) is 15.2 Å². The molecule has 0 amide bonds. The number of piperazine rings is 1. The summed E-state index contributed by atoms with van der Waals surface area (Å²) in [5.41, 5.74) is 0.970. The van der Waals surface area contributed by atoms with E-state index in [0.717, 1.165) is 31.7 Å². The molecule has 1 aliphatic rings. The Morgan fingerprint density at radius 3 is 2.57 bits per heavy atom. The highest BCUT2D eigenvalue weighted by atomic mass is 32.2. The summed E-state index contributed by atoms with van der Waals surface area (Å²) in [5, 5.41) is 3.27. The van der Waals surface area contributed by atoms with Crippen LogP contribution in [-0.2, 0) is 16.6 Å². The third kappa shape index (κ3) is 5.03. The van der Waals surface area contributed by atoms with Gasteiger partial charge < -0.3 is 5.32 Å². The Bertz CT molecular complexity index is 515. The lowest BCUT2D eigenvalue weighted by Gasteiger charge is -2.28. The highest BCUT2D eigenvalue weighted by Gasteiger charge is 2.22. The van der Waals surface area contributed by atoms with Crippen molar-refractivity contribution in [3.63, 3.8) is 0 Å². The Morgan fingerprint density at radius 2 is 1.95 bits per heavy atom.